The summed E-state index contributed by atoms with van der Waals surface area (Å²) in [6, 6.07) is 0. The maximum Gasteiger partial charge on any atom is 0.313 e. The summed E-state index contributed by atoms with van der Waals surface area (Å²) in [6.07, 6.45) is -7.28. The van der Waals surface area contributed by atoms with E-state index < -0.39 is 82.8 Å². The van der Waals surface area contributed by atoms with Crippen LogP contribution in [-0.2, 0) is 42.9 Å². The predicted octanol–water partition coefficient (Wildman–Crippen LogP) is 3.17. The number of esters is 4. The van der Waals surface area contributed by atoms with E-state index in [0.29, 0.717) is 0 Å². The molecule has 0 aromatic carbocycles. The van der Waals surface area contributed by atoms with Crippen molar-refractivity contribution in [3.8, 4) is 0 Å². The zero-order valence-corrected chi connectivity index (χ0v) is 23.7. The quantitative estimate of drug-likeness (QED) is 0.429. The van der Waals surface area contributed by atoms with Crippen LogP contribution in [0.1, 0.15) is 83.1 Å². The SMILES string of the molecule is CC(C)(C)C(=O)OC[C@H]1O[C@@H](OC(=O)C(C)(C)C)[C@H](OC(=O)C(C)(C)C)[C@@H](OC(=O)C(C)(C)C)[C@@H]1O. The molecule has 0 spiro atoms. The van der Waals surface area contributed by atoms with Crippen molar-refractivity contribution in [2.24, 2.45) is 21.7 Å². The van der Waals surface area contributed by atoms with Gasteiger partial charge in [0, 0.05) is 0 Å². The van der Waals surface area contributed by atoms with Gasteiger partial charge in [-0.05, 0) is 83.1 Å². The second kappa shape index (κ2) is 11.0. The van der Waals surface area contributed by atoms with Crippen molar-refractivity contribution in [1.82, 2.24) is 0 Å². The Morgan fingerprint density at radius 1 is 0.611 bits per heavy atom. The number of hydrogen-bond acceptors (Lipinski definition) is 10. The van der Waals surface area contributed by atoms with Crippen molar-refractivity contribution in [3.05, 3.63) is 0 Å². The number of ether oxygens (including phenoxy) is 5. The maximum absolute atomic E-state index is 12.8. The van der Waals surface area contributed by atoms with Gasteiger partial charge in [-0.1, -0.05) is 0 Å². The lowest BCUT2D eigenvalue weighted by Crippen LogP contribution is -2.63. The van der Waals surface area contributed by atoms with Gasteiger partial charge >= 0.3 is 23.9 Å². The number of rotatable bonds is 5. The van der Waals surface area contributed by atoms with Crippen LogP contribution in [0, 0.1) is 21.7 Å². The van der Waals surface area contributed by atoms with Crippen molar-refractivity contribution in [1.29, 1.82) is 0 Å². The van der Waals surface area contributed by atoms with Crippen LogP contribution in [0.3, 0.4) is 0 Å². The van der Waals surface area contributed by atoms with Crippen molar-refractivity contribution in [2.45, 2.75) is 114 Å². The average molecular weight is 517 g/mol. The predicted molar refractivity (Wildman–Crippen MR) is 129 cm³/mol. The highest BCUT2D eigenvalue weighted by Gasteiger charge is 2.53. The van der Waals surface area contributed by atoms with Crippen LogP contribution in [0.5, 0.6) is 0 Å². The van der Waals surface area contributed by atoms with Crippen LogP contribution in [0.2, 0.25) is 0 Å². The van der Waals surface area contributed by atoms with E-state index in [0.717, 1.165) is 0 Å². The summed E-state index contributed by atoms with van der Waals surface area (Å²) in [7, 11) is 0. The molecule has 10 heteroatoms. The fourth-order valence-corrected chi connectivity index (χ4v) is 2.64. The Hall–Kier alpha value is -2.20. The third kappa shape index (κ3) is 8.73. The third-order valence-corrected chi connectivity index (χ3v) is 5.16. The molecule has 0 aromatic heterocycles. The Morgan fingerprint density at radius 2 is 0.972 bits per heavy atom. The molecular weight excluding hydrogens is 472 g/mol. The Morgan fingerprint density at radius 3 is 1.36 bits per heavy atom. The first-order chi connectivity index (χ1) is 16.0. The first-order valence-corrected chi connectivity index (χ1v) is 12.1. The molecule has 208 valence electrons. The molecule has 1 saturated heterocycles. The van der Waals surface area contributed by atoms with E-state index in [4.69, 9.17) is 23.7 Å². The van der Waals surface area contributed by atoms with E-state index in [-0.39, 0.29) is 0 Å². The Kier molecular flexibility index (Phi) is 9.77. The topological polar surface area (TPSA) is 135 Å². The standard InChI is InChI=1S/C26H44O10/c1-23(2,3)19(28)32-13-14-15(27)16(34-20(29)24(4,5)6)17(35-21(30)25(7,8)9)18(33-14)36-22(31)26(10,11)12/h14-18,27H,13H2,1-12H3/t14-,15-,16+,17-,18+/m1/s1. The van der Waals surface area contributed by atoms with Crippen LogP contribution in [0.4, 0.5) is 0 Å². The fraction of sp³-hybridized carbons (Fsp3) is 0.846. The number of carbonyl (C=O) groups is 4. The molecule has 0 bridgehead atoms. The summed E-state index contributed by atoms with van der Waals surface area (Å²) in [5.74, 6) is -2.59. The zero-order valence-electron chi connectivity index (χ0n) is 23.7. The largest absolute Gasteiger partial charge is 0.462 e. The molecule has 36 heavy (non-hydrogen) atoms. The molecule has 1 fully saturated rings. The van der Waals surface area contributed by atoms with E-state index in [1.807, 2.05) is 0 Å². The molecule has 0 radical (unpaired) electrons. The van der Waals surface area contributed by atoms with Crippen molar-refractivity contribution in [3.63, 3.8) is 0 Å². The van der Waals surface area contributed by atoms with Gasteiger partial charge in [-0.2, -0.15) is 0 Å². The monoisotopic (exact) mass is 516 g/mol. The molecule has 1 N–H and O–H groups in total. The molecule has 1 heterocycles. The van der Waals surface area contributed by atoms with E-state index >= 15 is 0 Å². The molecule has 0 unspecified atom stereocenters. The number of aliphatic hydroxyl groups excluding tert-OH is 1. The van der Waals surface area contributed by atoms with Gasteiger partial charge in [-0.15, -0.1) is 0 Å². The molecule has 0 amide bonds. The highest BCUT2D eigenvalue weighted by atomic mass is 16.7. The average Bonchev–Trinajstić information content (AvgIpc) is 2.67. The summed E-state index contributed by atoms with van der Waals surface area (Å²) in [6.45, 7) is 19.2. The fourth-order valence-electron chi connectivity index (χ4n) is 2.64. The highest BCUT2D eigenvalue weighted by Crippen LogP contribution is 2.33. The maximum atomic E-state index is 12.8. The summed E-state index contributed by atoms with van der Waals surface area (Å²) < 4.78 is 27.9. The molecule has 0 saturated carbocycles. The number of aliphatic hydroxyl groups is 1. The van der Waals surface area contributed by atoms with Gasteiger partial charge in [-0.3, -0.25) is 19.2 Å². The molecule has 1 aliphatic heterocycles. The normalized spacial score (nSPS) is 25.5. The summed E-state index contributed by atoms with van der Waals surface area (Å²) >= 11 is 0. The molecule has 1 aliphatic rings. The smallest absolute Gasteiger partial charge is 0.313 e. The van der Waals surface area contributed by atoms with Gasteiger partial charge in [0.25, 0.3) is 0 Å². The van der Waals surface area contributed by atoms with Crippen LogP contribution >= 0.6 is 0 Å². The minimum Gasteiger partial charge on any atom is -0.462 e. The van der Waals surface area contributed by atoms with Crippen LogP contribution in [0.15, 0.2) is 0 Å². The minimum atomic E-state index is -1.56. The Balaban J connectivity index is 3.45. The van der Waals surface area contributed by atoms with Gasteiger partial charge < -0.3 is 28.8 Å². The molecule has 10 nitrogen and oxygen atoms in total. The lowest BCUT2D eigenvalue weighted by atomic mass is 9.93. The van der Waals surface area contributed by atoms with Gasteiger partial charge in [0.05, 0.1) is 21.7 Å². The molecule has 1 rings (SSSR count). The lowest BCUT2D eigenvalue weighted by Gasteiger charge is -2.44. The van der Waals surface area contributed by atoms with Gasteiger partial charge in [-0.25, -0.2) is 0 Å². The first-order valence-electron chi connectivity index (χ1n) is 12.1. The number of hydrogen-bond donors (Lipinski definition) is 1. The second-order valence-electron chi connectivity index (χ2n) is 13.3. The molecule has 0 aromatic rings. The Labute approximate surface area is 214 Å². The van der Waals surface area contributed by atoms with Gasteiger partial charge in [0.1, 0.15) is 18.8 Å². The van der Waals surface area contributed by atoms with Crippen molar-refractivity contribution < 1.29 is 48.0 Å². The zero-order chi connectivity index (χ0) is 28.4. The second-order valence-corrected chi connectivity index (χ2v) is 13.3. The Bertz CT molecular complexity index is 820. The van der Waals surface area contributed by atoms with E-state index in [9.17, 15) is 24.3 Å². The van der Waals surface area contributed by atoms with Gasteiger partial charge in [0.15, 0.2) is 6.10 Å². The van der Waals surface area contributed by atoms with Crippen LogP contribution < -0.4 is 0 Å². The van der Waals surface area contributed by atoms with Crippen LogP contribution in [0.25, 0.3) is 0 Å². The number of carbonyl (C=O) groups excluding carboxylic acids is 4. The van der Waals surface area contributed by atoms with E-state index in [1.54, 1.807) is 83.1 Å². The van der Waals surface area contributed by atoms with E-state index in [1.165, 1.54) is 0 Å². The summed E-state index contributed by atoms with van der Waals surface area (Å²) in [5.41, 5.74) is -3.67. The van der Waals surface area contributed by atoms with Crippen molar-refractivity contribution in [2.75, 3.05) is 6.61 Å². The highest BCUT2D eigenvalue weighted by molar-refractivity contribution is 5.77. The summed E-state index contributed by atoms with van der Waals surface area (Å²) in [4.78, 5) is 50.6. The first kappa shape index (κ1) is 31.8. The van der Waals surface area contributed by atoms with Crippen LogP contribution in [-0.4, -0.2) is 66.3 Å². The minimum absolute atomic E-state index is 0.412. The van der Waals surface area contributed by atoms with Gasteiger partial charge in [0.2, 0.25) is 12.4 Å². The third-order valence-electron chi connectivity index (χ3n) is 5.16. The lowest BCUT2D eigenvalue weighted by molar-refractivity contribution is -0.303. The molecular formula is C26H44O10. The van der Waals surface area contributed by atoms with Crippen molar-refractivity contribution >= 4 is 23.9 Å². The molecule has 0 aliphatic carbocycles. The summed E-state index contributed by atoms with van der Waals surface area (Å²) in [5, 5.41) is 11.1. The van der Waals surface area contributed by atoms with E-state index in [2.05, 4.69) is 0 Å². The molecule has 5 atom stereocenters.